The quantitative estimate of drug-likeness (QED) is 0.772. The molecule has 0 aliphatic carbocycles. The van der Waals surface area contributed by atoms with E-state index in [0.717, 1.165) is 0 Å². The number of Topliss-reactive ketones (excluding diaryl/α,β-unsaturated/α-hetero) is 1. The van der Waals surface area contributed by atoms with Crippen molar-refractivity contribution >= 4 is 28.7 Å². The fourth-order valence-corrected chi connectivity index (χ4v) is 2.07. The molecule has 0 N–H and O–H groups in total. The highest BCUT2D eigenvalue weighted by Crippen LogP contribution is 2.20. The van der Waals surface area contributed by atoms with Crippen LogP contribution in [0.4, 0.5) is 0 Å². The number of ketones is 1. The largest absolute Gasteiger partial charge is 0.294 e. The molecule has 0 aromatic carbocycles. The first-order chi connectivity index (χ1) is 7.16. The van der Waals surface area contributed by atoms with Gasteiger partial charge in [0, 0.05) is 18.0 Å². The zero-order chi connectivity index (χ0) is 10.8. The monoisotopic (exact) mass is 241 g/mol. The van der Waals surface area contributed by atoms with Gasteiger partial charge in [-0.25, -0.2) is 4.98 Å². The summed E-state index contributed by atoms with van der Waals surface area (Å²) in [4.78, 5) is 15.7. The molecule has 0 aliphatic rings. The van der Waals surface area contributed by atoms with Gasteiger partial charge in [0.15, 0.2) is 5.78 Å². The molecule has 2 heterocycles. The molecule has 0 fully saturated rings. The summed E-state index contributed by atoms with van der Waals surface area (Å²) in [5, 5.41) is 5.65. The van der Waals surface area contributed by atoms with Crippen LogP contribution in [0.1, 0.15) is 16.2 Å². The first-order valence-corrected chi connectivity index (χ1v) is 5.52. The third-order valence-corrected chi connectivity index (χ3v) is 3.10. The Bertz CT molecular complexity index is 491. The van der Waals surface area contributed by atoms with E-state index in [1.54, 1.807) is 23.2 Å². The van der Waals surface area contributed by atoms with Crippen molar-refractivity contribution in [3.05, 3.63) is 33.5 Å². The Balaban J connectivity index is 2.14. The number of nitrogens with zero attached hydrogens (tertiary/aromatic N) is 3. The summed E-state index contributed by atoms with van der Waals surface area (Å²) in [6.45, 7) is 0. The zero-order valence-electron chi connectivity index (χ0n) is 7.98. The van der Waals surface area contributed by atoms with Gasteiger partial charge in [0.05, 0.1) is 10.8 Å². The predicted octanol–water partition coefficient (Wildman–Crippen LogP) is 1.96. The maximum Gasteiger partial charge on any atom is 0.171 e. The minimum atomic E-state index is 0.00856. The van der Waals surface area contributed by atoms with Crippen molar-refractivity contribution in [2.75, 3.05) is 0 Å². The summed E-state index contributed by atoms with van der Waals surface area (Å²) in [5.74, 6) is 0.663. The SMILES string of the molecule is Cn1ncnc1CC(=O)c1csc(Cl)c1. The number of halogens is 1. The van der Waals surface area contributed by atoms with Gasteiger partial charge >= 0.3 is 0 Å². The lowest BCUT2D eigenvalue weighted by atomic mass is 10.1. The minimum Gasteiger partial charge on any atom is -0.294 e. The average Bonchev–Trinajstić information content (AvgIpc) is 2.77. The van der Waals surface area contributed by atoms with Gasteiger partial charge in [0.2, 0.25) is 0 Å². The molecule has 0 spiro atoms. The Morgan fingerprint density at radius 3 is 3.00 bits per heavy atom. The third kappa shape index (κ3) is 2.24. The van der Waals surface area contributed by atoms with Gasteiger partial charge in [-0.1, -0.05) is 11.6 Å². The summed E-state index contributed by atoms with van der Waals surface area (Å²) < 4.78 is 2.21. The highest BCUT2D eigenvalue weighted by molar-refractivity contribution is 7.14. The molecule has 6 heteroatoms. The van der Waals surface area contributed by atoms with Crippen molar-refractivity contribution in [2.24, 2.45) is 7.05 Å². The summed E-state index contributed by atoms with van der Waals surface area (Å²) in [6.07, 6.45) is 1.69. The van der Waals surface area contributed by atoms with E-state index in [0.29, 0.717) is 15.7 Å². The molecule has 2 aromatic rings. The van der Waals surface area contributed by atoms with Crippen LogP contribution in [0.15, 0.2) is 17.8 Å². The lowest BCUT2D eigenvalue weighted by Crippen LogP contribution is -2.08. The van der Waals surface area contributed by atoms with E-state index in [4.69, 9.17) is 11.6 Å². The molecule has 2 aromatic heterocycles. The van der Waals surface area contributed by atoms with Crippen LogP contribution >= 0.6 is 22.9 Å². The number of rotatable bonds is 3. The number of carbonyl (C=O) groups is 1. The van der Waals surface area contributed by atoms with E-state index >= 15 is 0 Å². The van der Waals surface area contributed by atoms with Gasteiger partial charge in [0.1, 0.15) is 12.2 Å². The first kappa shape index (κ1) is 10.3. The molecule has 0 amide bonds. The van der Waals surface area contributed by atoms with Gasteiger partial charge in [-0.3, -0.25) is 9.48 Å². The number of hydrogen-bond acceptors (Lipinski definition) is 4. The second-order valence-corrected chi connectivity index (χ2v) is 4.58. The van der Waals surface area contributed by atoms with Gasteiger partial charge in [-0.15, -0.1) is 11.3 Å². The van der Waals surface area contributed by atoms with Crippen molar-refractivity contribution < 1.29 is 4.79 Å². The first-order valence-electron chi connectivity index (χ1n) is 4.27. The van der Waals surface area contributed by atoms with Crippen LogP contribution in [0, 0.1) is 0 Å². The lowest BCUT2D eigenvalue weighted by molar-refractivity contribution is 0.0990. The highest BCUT2D eigenvalue weighted by atomic mass is 35.5. The van der Waals surface area contributed by atoms with E-state index < -0.39 is 0 Å². The molecule has 0 aliphatic heterocycles. The van der Waals surface area contributed by atoms with Crippen molar-refractivity contribution in [2.45, 2.75) is 6.42 Å². The van der Waals surface area contributed by atoms with E-state index in [1.165, 1.54) is 17.7 Å². The van der Waals surface area contributed by atoms with E-state index in [2.05, 4.69) is 10.1 Å². The molecule has 0 bridgehead atoms. The number of thiophene rings is 1. The molecule has 2 rings (SSSR count). The average molecular weight is 242 g/mol. The van der Waals surface area contributed by atoms with Gasteiger partial charge in [0.25, 0.3) is 0 Å². The van der Waals surface area contributed by atoms with Gasteiger partial charge in [-0.05, 0) is 6.07 Å². The van der Waals surface area contributed by atoms with Crippen LogP contribution in [-0.4, -0.2) is 20.5 Å². The third-order valence-electron chi connectivity index (χ3n) is 2.01. The molecule has 4 nitrogen and oxygen atoms in total. The van der Waals surface area contributed by atoms with E-state index in [-0.39, 0.29) is 12.2 Å². The standard InChI is InChI=1S/C9H8ClN3OS/c1-13-9(11-5-12-13)3-7(14)6-2-8(10)15-4-6/h2,4-5H,3H2,1H3. The molecule has 0 radical (unpaired) electrons. The number of carbonyl (C=O) groups excluding carboxylic acids is 1. The van der Waals surface area contributed by atoms with Crippen LogP contribution in [0.2, 0.25) is 4.34 Å². The molecule has 0 saturated carbocycles. The smallest absolute Gasteiger partial charge is 0.171 e. The lowest BCUT2D eigenvalue weighted by Gasteiger charge is -1.97. The van der Waals surface area contributed by atoms with Crippen LogP contribution in [-0.2, 0) is 13.5 Å². The number of aromatic nitrogens is 3. The van der Waals surface area contributed by atoms with E-state index in [1.807, 2.05) is 0 Å². The highest BCUT2D eigenvalue weighted by Gasteiger charge is 2.12. The number of hydrogen-bond donors (Lipinski definition) is 0. The van der Waals surface area contributed by atoms with Crippen LogP contribution in [0.25, 0.3) is 0 Å². The second-order valence-electron chi connectivity index (χ2n) is 3.04. The maximum atomic E-state index is 11.7. The van der Waals surface area contributed by atoms with Crippen molar-refractivity contribution in [3.8, 4) is 0 Å². The Morgan fingerprint density at radius 2 is 2.47 bits per heavy atom. The zero-order valence-corrected chi connectivity index (χ0v) is 9.55. The normalized spacial score (nSPS) is 10.5. The minimum absolute atomic E-state index is 0.00856. The Kier molecular flexibility index (Phi) is 2.83. The van der Waals surface area contributed by atoms with Gasteiger partial charge in [-0.2, -0.15) is 5.10 Å². The molecule has 78 valence electrons. The molecule has 15 heavy (non-hydrogen) atoms. The van der Waals surface area contributed by atoms with Gasteiger partial charge < -0.3 is 0 Å². The number of aryl methyl sites for hydroxylation is 1. The van der Waals surface area contributed by atoms with Crippen LogP contribution < -0.4 is 0 Å². The molecule has 0 unspecified atom stereocenters. The molecule has 0 atom stereocenters. The second kappa shape index (κ2) is 4.12. The van der Waals surface area contributed by atoms with Crippen molar-refractivity contribution in [1.29, 1.82) is 0 Å². The topological polar surface area (TPSA) is 47.8 Å². The fraction of sp³-hybridized carbons (Fsp3) is 0.222. The molecular weight excluding hydrogens is 234 g/mol. The summed E-state index contributed by atoms with van der Waals surface area (Å²) >= 11 is 7.10. The predicted molar refractivity (Wildman–Crippen MR) is 58.4 cm³/mol. The Hall–Kier alpha value is -1.20. The summed E-state index contributed by atoms with van der Waals surface area (Å²) in [6, 6.07) is 1.67. The van der Waals surface area contributed by atoms with Crippen molar-refractivity contribution in [1.82, 2.24) is 14.8 Å². The Morgan fingerprint density at radius 1 is 1.67 bits per heavy atom. The summed E-state index contributed by atoms with van der Waals surface area (Å²) in [5.41, 5.74) is 0.632. The maximum absolute atomic E-state index is 11.7. The summed E-state index contributed by atoms with van der Waals surface area (Å²) in [7, 11) is 1.76. The molecule has 0 saturated heterocycles. The van der Waals surface area contributed by atoms with Crippen LogP contribution in [0.3, 0.4) is 0 Å². The van der Waals surface area contributed by atoms with Crippen molar-refractivity contribution in [3.63, 3.8) is 0 Å². The van der Waals surface area contributed by atoms with E-state index in [9.17, 15) is 4.79 Å². The Labute approximate surface area is 95.5 Å². The molecular formula is C9H8ClN3OS. The van der Waals surface area contributed by atoms with Crippen LogP contribution in [0.5, 0.6) is 0 Å². The fourth-order valence-electron chi connectivity index (χ4n) is 1.18.